The zero-order valence-corrected chi connectivity index (χ0v) is 22.9. The van der Waals surface area contributed by atoms with Crippen LogP contribution in [0.5, 0.6) is 5.75 Å². The van der Waals surface area contributed by atoms with Crippen molar-refractivity contribution in [3.05, 3.63) is 72.1 Å². The molecule has 2 aromatic carbocycles. The summed E-state index contributed by atoms with van der Waals surface area (Å²) in [4.78, 5) is 0. The van der Waals surface area contributed by atoms with Gasteiger partial charge in [0.25, 0.3) is 0 Å². The summed E-state index contributed by atoms with van der Waals surface area (Å²) in [5.74, 6) is 2.30. The second-order valence-electron chi connectivity index (χ2n) is 10.1. The van der Waals surface area contributed by atoms with E-state index in [-0.39, 0.29) is 17.0 Å². The molecule has 4 heteroatoms. The van der Waals surface area contributed by atoms with Crippen molar-refractivity contribution in [2.24, 2.45) is 11.8 Å². The van der Waals surface area contributed by atoms with Crippen molar-refractivity contribution >= 4 is 21.8 Å². The maximum Gasteiger partial charge on any atom is 0.202 e. The fourth-order valence-electron chi connectivity index (χ4n) is 4.59. The van der Waals surface area contributed by atoms with Crippen molar-refractivity contribution in [1.82, 2.24) is 4.57 Å². The van der Waals surface area contributed by atoms with Crippen LogP contribution < -0.4 is 26.3 Å². The first-order chi connectivity index (χ1) is 15.9. The third kappa shape index (κ3) is 6.02. The lowest BCUT2D eigenvalue weighted by atomic mass is 10.1. The van der Waals surface area contributed by atoms with E-state index in [4.69, 9.17) is 4.74 Å². The van der Waals surface area contributed by atoms with E-state index in [0.29, 0.717) is 11.8 Å². The van der Waals surface area contributed by atoms with Crippen LogP contribution in [0.2, 0.25) is 0 Å². The van der Waals surface area contributed by atoms with E-state index >= 15 is 0 Å². The molecule has 34 heavy (non-hydrogen) atoms. The number of hydrogen-bond acceptors (Lipinski definition) is 1. The Balaban J connectivity index is 0.00000324. The summed E-state index contributed by atoms with van der Waals surface area (Å²) in [6.45, 7) is 14.2. The molecular weight excluding hydrogens is 484 g/mol. The SMILES string of the molecule is Cc1c2c(cc[n+]1CCc1ccccc1)c1ccc(OCCC(C)C)cc1n2CCC(C)C.[Br-]. The van der Waals surface area contributed by atoms with E-state index < -0.39 is 0 Å². The first kappa shape index (κ1) is 26.3. The van der Waals surface area contributed by atoms with Gasteiger partial charge in [-0.1, -0.05) is 58.0 Å². The molecule has 0 saturated heterocycles. The third-order valence-electron chi connectivity index (χ3n) is 6.65. The molecule has 0 fully saturated rings. The molecule has 2 heterocycles. The number of aromatic nitrogens is 2. The first-order valence-electron chi connectivity index (χ1n) is 12.6. The summed E-state index contributed by atoms with van der Waals surface area (Å²) < 4.78 is 11.1. The van der Waals surface area contributed by atoms with E-state index in [2.05, 4.69) is 105 Å². The molecule has 4 aromatic rings. The summed E-state index contributed by atoms with van der Waals surface area (Å²) in [6, 6.07) is 19.7. The summed E-state index contributed by atoms with van der Waals surface area (Å²) in [5.41, 5.74) is 5.37. The Morgan fingerprint density at radius 3 is 2.32 bits per heavy atom. The number of halogens is 1. The van der Waals surface area contributed by atoms with Gasteiger partial charge >= 0.3 is 0 Å². The molecule has 4 rings (SSSR count). The molecule has 0 aliphatic rings. The monoisotopic (exact) mass is 522 g/mol. The highest BCUT2D eigenvalue weighted by atomic mass is 79.9. The van der Waals surface area contributed by atoms with Crippen LogP contribution in [0.4, 0.5) is 0 Å². The van der Waals surface area contributed by atoms with Crippen LogP contribution in [0.1, 0.15) is 51.8 Å². The zero-order chi connectivity index (χ0) is 23.4. The van der Waals surface area contributed by atoms with Gasteiger partial charge in [-0.3, -0.25) is 0 Å². The Bertz CT molecular complexity index is 1210. The number of hydrogen-bond donors (Lipinski definition) is 0. The summed E-state index contributed by atoms with van der Waals surface area (Å²) in [7, 11) is 0. The molecule has 0 aliphatic carbocycles. The van der Waals surface area contributed by atoms with Crippen LogP contribution in [-0.2, 0) is 19.5 Å². The van der Waals surface area contributed by atoms with E-state index in [1.165, 1.54) is 33.1 Å². The molecule has 0 aliphatic heterocycles. The van der Waals surface area contributed by atoms with Gasteiger partial charge < -0.3 is 26.3 Å². The number of nitrogens with zero attached hydrogens (tertiary/aromatic N) is 2. The predicted molar refractivity (Wildman–Crippen MR) is 139 cm³/mol. The maximum atomic E-state index is 6.12. The van der Waals surface area contributed by atoms with Gasteiger partial charge in [-0.15, -0.1) is 0 Å². The molecule has 0 atom stereocenters. The summed E-state index contributed by atoms with van der Waals surface area (Å²) >= 11 is 0. The number of pyridine rings is 1. The predicted octanol–water partition coefficient (Wildman–Crippen LogP) is 4.11. The minimum Gasteiger partial charge on any atom is -1.00 e. The van der Waals surface area contributed by atoms with Gasteiger partial charge in [0.15, 0.2) is 12.7 Å². The highest BCUT2D eigenvalue weighted by Crippen LogP contribution is 2.33. The molecule has 0 N–H and O–H groups in total. The Hall–Kier alpha value is -2.33. The fourth-order valence-corrected chi connectivity index (χ4v) is 4.59. The Labute approximate surface area is 215 Å². The van der Waals surface area contributed by atoms with Crippen LogP contribution in [0.15, 0.2) is 60.8 Å². The standard InChI is InChI=1S/C30H39N2O.BrH/c1-22(2)13-19-32-29-21-26(33-20-16-23(3)4)11-12-27(29)28-15-18-31(24(5)30(28)32)17-14-25-9-7-6-8-10-25;/h6-12,15,18,21-23H,13-14,16-17,19-20H2,1-5H3;1H/q+1;/p-1. The minimum absolute atomic E-state index is 0. The Morgan fingerprint density at radius 2 is 1.62 bits per heavy atom. The van der Waals surface area contributed by atoms with Gasteiger partial charge in [0, 0.05) is 42.8 Å². The zero-order valence-electron chi connectivity index (χ0n) is 21.4. The second kappa shape index (κ2) is 11.9. The molecule has 0 unspecified atom stereocenters. The van der Waals surface area contributed by atoms with Crippen molar-refractivity contribution in [3.63, 3.8) is 0 Å². The van der Waals surface area contributed by atoms with Crippen molar-refractivity contribution in [1.29, 1.82) is 0 Å². The molecule has 0 bridgehead atoms. The fraction of sp³-hybridized carbons (Fsp3) is 0.433. The Kier molecular flexibility index (Phi) is 9.18. The summed E-state index contributed by atoms with van der Waals surface area (Å²) in [6.07, 6.45) is 5.54. The number of aryl methyl sites for hydroxylation is 4. The van der Waals surface area contributed by atoms with E-state index in [1.807, 2.05) is 0 Å². The normalized spacial score (nSPS) is 11.5. The quantitative estimate of drug-likeness (QED) is 0.286. The van der Waals surface area contributed by atoms with Crippen LogP contribution >= 0.6 is 0 Å². The highest BCUT2D eigenvalue weighted by molar-refractivity contribution is 6.08. The Morgan fingerprint density at radius 1 is 0.882 bits per heavy atom. The van der Waals surface area contributed by atoms with Crippen molar-refractivity contribution in [3.8, 4) is 5.75 Å². The molecular formula is C30H39BrN2O. The topological polar surface area (TPSA) is 18.0 Å². The molecule has 2 aromatic heterocycles. The van der Waals surface area contributed by atoms with Crippen molar-refractivity contribution < 1.29 is 26.3 Å². The summed E-state index contributed by atoms with van der Waals surface area (Å²) in [5, 5.41) is 2.67. The number of rotatable bonds is 10. The van der Waals surface area contributed by atoms with E-state index in [1.54, 1.807) is 0 Å². The molecule has 0 spiro atoms. The van der Waals surface area contributed by atoms with Crippen LogP contribution in [0.25, 0.3) is 21.8 Å². The number of ether oxygens (including phenoxy) is 1. The van der Waals surface area contributed by atoms with Gasteiger partial charge in [0.05, 0.1) is 12.1 Å². The van der Waals surface area contributed by atoms with Gasteiger partial charge in [0.1, 0.15) is 11.3 Å². The maximum absolute atomic E-state index is 6.12. The second-order valence-corrected chi connectivity index (χ2v) is 10.1. The van der Waals surface area contributed by atoms with Crippen LogP contribution in [-0.4, -0.2) is 11.2 Å². The number of benzene rings is 2. The lowest BCUT2D eigenvalue weighted by molar-refractivity contribution is -0.701. The average molecular weight is 524 g/mol. The smallest absolute Gasteiger partial charge is 0.202 e. The highest BCUT2D eigenvalue weighted by Gasteiger charge is 2.20. The molecule has 0 radical (unpaired) electrons. The van der Waals surface area contributed by atoms with E-state index in [9.17, 15) is 0 Å². The number of fused-ring (bicyclic) bond motifs is 3. The molecule has 0 amide bonds. The average Bonchev–Trinajstić information content (AvgIpc) is 3.11. The van der Waals surface area contributed by atoms with Gasteiger partial charge in [0.2, 0.25) is 5.69 Å². The van der Waals surface area contributed by atoms with Crippen LogP contribution in [0.3, 0.4) is 0 Å². The lowest BCUT2D eigenvalue weighted by Crippen LogP contribution is -3.00. The van der Waals surface area contributed by atoms with Crippen molar-refractivity contribution in [2.75, 3.05) is 6.61 Å². The van der Waals surface area contributed by atoms with Gasteiger partial charge in [-0.05, 0) is 42.4 Å². The van der Waals surface area contributed by atoms with Crippen LogP contribution in [0, 0.1) is 18.8 Å². The van der Waals surface area contributed by atoms with Gasteiger partial charge in [-0.25, -0.2) is 4.57 Å². The van der Waals surface area contributed by atoms with Crippen molar-refractivity contribution in [2.45, 2.75) is 67.0 Å². The lowest BCUT2D eigenvalue weighted by Gasteiger charge is -2.12. The first-order valence-corrected chi connectivity index (χ1v) is 12.6. The molecule has 182 valence electrons. The molecule has 3 nitrogen and oxygen atoms in total. The largest absolute Gasteiger partial charge is 1.00 e. The van der Waals surface area contributed by atoms with E-state index in [0.717, 1.165) is 44.7 Å². The minimum atomic E-state index is 0. The van der Waals surface area contributed by atoms with Gasteiger partial charge in [-0.2, -0.15) is 0 Å². The third-order valence-corrected chi connectivity index (χ3v) is 6.65. The molecule has 0 saturated carbocycles.